The Hall–Kier alpha value is -2.73. The van der Waals surface area contributed by atoms with Crippen LogP contribution in [0.2, 0.25) is 0 Å². The summed E-state index contributed by atoms with van der Waals surface area (Å²) in [4.78, 5) is 19.8. The fourth-order valence-electron chi connectivity index (χ4n) is 4.32. The molecule has 0 saturated heterocycles. The first-order valence-electron chi connectivity index (χ1n) is 11.2. The number of amides is 1. The predicted octanol–water partition coefficient (Wildman–Crippen LogP) is 3.98. The number of fused-ring (bicyclic) bond motifs is 1. The van der Waals surface area contributed by atoms with Crippen LogP contribution in [0.4, 0.5) is 0 Å². The van der Waals surface area contributed by atoms with Crippen molar-refractivity contribution in [3.63, 3.8) is 0 Å². The maximum Gasteiger partial charge on any atom is 0.220 e. The summed E-state index contributed by atoms with van der Waals surface area (Å²) in [5, 5.41) is 8.73. The van der Waals surface area contributed by atoms with Gasteiger partial charge in [0.05, 0.1) is 5.69 Å². The Morgan fingerprint density at radius 3 is 2.42 bits per heavy atom. The van der Waals surface area contributed by atoms with Gasteiger partial charge in [0.2, 0.25) is 5.91 Å². The van der Waals surface area contributed by atoms with Gasteiger partial charge in [0.15, 0.2) is 5.65 Å². The van der Waals surface area contributed by atoms with Gasteiger partial charge >= 0.3 is 0 Å². The van der Waals surface area contributed by atoms with Gasteiger partial charge in [-0.25, -0.2) is 4.98 Å². The Balaban J connectivity index is 1.65. The number of pyridine rings is 1. The fraction of sp³-hybridized carbons (Fsp3) is 0.480. The van der Waals surface area contributed by atoms with Crippen LogP contribution < -0.4 is 5.32 Å². The Kier molecular flexibility index (Phi) is 7.44. The van der Waals surface area contributed by atoms with Gasteiger partial charge < -0.3 is 5.32 Å². The Labute approximate surface area is 185 Å². The summed E-state index contributed by atoms with van der Waals surface area (Å²) >= 11 is 0. The molecule has 0 saturated carbocycles. The number of rotatable bonds is 9. The van der Waals surface area contributed by atoms with E-state index in [1.165, 1.54) is 16.7 Å². The molecule has 3 aromatic rings. The number of aryl methyl sites for hydroxylation is 4. The maximum atomic E-state index is 12.6. The zero-order chi connectivity index (χ0) is 22.5. The first-order valence-corrected chi connectivity index (χ1v) is 11.2. The van der Waals surface area contributed by atoms with Crippen LogP contribution in [-0.2, 0) is 31.4 Å². The Morgan fingerprint density at radius 1 is 1.06 bits per heavy atom. The molecule has 1 N–H and O–H groups in total. The van der Waals surface area contributed by atoms with Gasteiger partial charge in [0, 0.05) is 37.6 Å². The molecule has 0 aliphatic rings. The molecule has 0 unspecified atom stereocenters. The van der Waals surface area contributed by atoms with Crippen LogP contribution in [0, 0.1) is 20.8 Å². The molecule has 0 aliphatic carbocycles. The summed E-state index contributed by atoms with van der Waals surface area (Å²) in [7, 11) is 1.92. The lowest BCUT2D eigenvalue weighted by molar-refractivity contribution is -0.121. The van der Waals surface area contributed by atoms with Crippen molar-refractivity contribution >= 4 is 16.9 Å². The molecule has 2 heterocycles. The Bertz CT molecular complexity index is 1070. The number of nitrogens with one attached hydrogen (secondary N) is 1. The lowest BCUT2D eigenvalue weighted by atomic mass is 9.99. The Morgan fingerprint density at radius 2 is 1.74 bits per heavy atom. The van der Waals surface area contributed by atoms with E-state index in [4.69, 9.17) is 4.98 Å². The van der Waals surface area contributed by atoms with Crippen molar-refractivity contribution in [3.8, 4) is 0 Å². The van der Waals surface area contributed by atoms with Crippen LogP contribution >= 0.6 is 0 Å². The SMILES string of the molecule is CCN(CC)Cc1ccccc1CNC(=O)CCc1c(C)nc2c(c(C)nn2C)c1C. The molecule has 1 aromatic carbocycles. The number of hydrogen-bond donors (Lipinski definition) is 1. The predicted molar refractivity (Wildman–Crippen MR) is 126 cm³/mol. The maximum absolute atomic E-state index is 12.6. The molecule has 0 bridgehead atoms. The third-order valence-electron chi connectivity index (χ3n) is 6.21. The van der Waals surface area contributed by atoms with Gasteiger partial charge in [-0.05, 0) is 62.5 Å². The first-order chi connectivity index (χ1) is 14.8. The lowest BCUT2D eigenvalue weighted by Crippen LogP contribution is -2.26. The van der Waals surface area contributed by atoms with Gasteiger partial charge in [-0.3, -0.25) is 14.4 Å². The van der Waals surface area contributed by atoms with E-state index < -0.39 is 0 Å². The van der Waals surface area contributed by atoms with Crippen molar-refractivity contribution in [2.75, 3.05) is 13.1 Å². The summed E-state index contributed by atoms with van der Waals surface area (Å²) < 4.78 is 1.83. The van der Waals surface area contributed by atoms with E-state index in [-0.39, 0.29) is 5.91 Å². The van der Waals surface area contributed by atoms with Gasteiger partial charge in [-0.2, -0.15) is 5.10 Å². The number of aromatic nitrogens is 3. The fourth-order valence-corrected chi connectivity index (χ4v) is 4.32. The van der Waals surface area contributed by atoms with E-state index in [0.717, 1.165) is 47.6 Å². The van der Waals surface area contributed by atoms with Crippen LogP contribution in [0.5, 0.6) is 0 Å². The molecular formula is C25H35N5O. The molecule has 2 aromatic heterocycles. The van der Waals surface area contributed by atoms with Crippen molar-refractivity contribution in [2.24, 2.45) is 7.05 Å². The molecule has 166 valence electrons. The first kappa shape index (κ1) is 22.9. The summed E-state index contributed by atoms with van der Waals surface area (Å²) in [5.74, 6) is 0.0689. The van der Waals surface area contributed by atoms with E-state index in [1.54, 1.807) is 0 Å². The minimum absolute atomic E-state index is 0.0689. The van der Waals surface area contributed by atoms with E-state index in [0.29, 0.717) is 19.4 Å². The standard InChI is InChI=1S/C25H35N5O/c1-7-30(8-2)16-21-12-10-9-11-20(21)15-26-23(31)14-13-22-17(3)24-19(5)28-29(6)25(24)27-18(22)4/h9-12H,7-8,13-16H2,1-6H3,(H,26,31). The van der Waals surface area contributed by atoms with Crippen LogP contribution in [-0.4, -0.2) is 38.7 Å². The van der Waals surface area contributed by atoms with E-state index >= 15 is 0 Å². The van der Waals surface area contributed by atoms with Gasteiger partial charge in [-0.1, -0.05) is 38.1 Å². The zero-order valence-electron chi connectivity index (χ0n) is 19.7. The highest BCUT2D eigenvalue weighted by Gasteiger charge is 2.16. The number of nitrogens with zero attached hydrogens (tertiary/aromatic N) is 4. The van der Waals surface area contributed by atoms with Crippen molar-refractivity contribution in [3.05, 3.63) is 57.9 Å². The minimum Gasteiger partial charge on any atom is -0.352 e. The highest BCUT2D eigenvalue weighted by atomic mass is 16.1. The number of hydrogen-bond acceptors (Lipinski definition) is 4. The highest BCUT2D eigenvalue weighted by molar-refractivity contribution is 5.84. The van der Waals surface area contributed by atoms with Crippen molar-refractivity contribution in [2.45, 2.75) is 60.5 Å². The quantitative estimate of drug-likeness (QED) is 0.568. The third kappa shape index (κ3) is 5.13. The third-order valence-corrected chi connectivity index (χ3v) is 6.21. The molecule has 31 heavy (non-hydrogen) atoms. The van der Waals surface area contributed by atoms with Crippen molar-refractivity contribution in [1.82, 2.24) is 25.0 Å². The van der Waals surface area contributed by atoms with Crippen molar-refractivity contribution in [1.29, 1.82) is 0 Å². The molecule has 0 atom stereocenters. The second kappa shape index (κ2) is 10.1. The number of benzene rings is 1. The van der Waals surface area contributed by atoms with Crippen LogP contribution in [0.15, 0.2) is 24.3 Å². The van der Waals surface area contributed by atoms with Gasteiger partial charge in [0.1, 0.15) is 0 Å². The van der Waals surface area contributed by atoms with Gasteiger partial charge in [0.25, 0.3) is 0 Å². The number of carbonyl (C=O) groups is 1. The normalized spacial score (nSPS) is 11.5. The zero-order valence-corrected chi connectivity index (χ0v) is 19.7. The van der Waals surface area contributed by atoms with Crippen LogP contribution in [0.1, 0.15) is 53.9 Å². The second-order valence-electron chi connectivity index (χ2n) is 8.22. The van der Waals surface area contributed by atoms with Crippen LogP contribution in [0.3, 0.4) is 0 Å². The monoisotopic (exact) mass is 421 g/mol. The molecule has 6 nitrogen and oxygen atoms in total. The van der Waals surface area contributed by atoms with Crippen LogP contribution in [0.25, 0.3) is 11.0 Å². The second-order valence-corrected chi connectivity index (χ2v) is 8.22. The molecule has 0 aliphatic heterocycles. The topological polar surface area (TPSA) is 63.1 Å². The summed E-state index contributed by atoms with van der Waals surface area (Å²) in [6.45, 7) is 14.0. The highest BCUT2D eigenvalue weighted by Crippen LogP contribution is 2.26. The summed E-state index contributed by atoms with van der Waals surface area (Å²) in [6, 6.07) is 8.37. The molecule has 0 radical (unpaired) electrons. The largest absolute Gasteiger partial charge is 0.352 e. The smallest absolute Gasteiger partial charge is 0.220 e. The molecule has 1 amide bonds. The average molecular weight is 422 g/mol. The molecule has 3 rings (SSSR count). The van der Waals surface area contributed by atoms with E-state index in [9.17, 15) is 4.79 Å². The van der Waals surface area contributed by atoms with Crippen molar-refractivity contribution < 1.29 is 4.79 Å². The molecule has 0 spiro atoms. The number of carbonyl (C=O) groups excluding carboxylic acids is 1. The average Bonchev–Trinajstić information content (AvgIpc) is 3.04. The van der Waals surface area contributed by atoms with E-state index in [2.05, 4.69) is 54.3 Å². The summed E-state index contributed by atoms with van der Waals surface area (Å²) in [6.07, 6.45) is 1.13. The van der Waals surface area contributed by atoms with Gasteiger partial charge in [-0.15, -0.1) is 0 Å². The van der Waals surface area contributed by atoms with E-state index in [1.807, 2.05) is 31.6 Å². The molecule has 0 fully saturated rings. The lowest BCUT2D eigenvalue weighted by Gasteiger charge is -2.20. The summed E-state index contributed by atoms with van der Waals surface area (Å²) in [5.41, 5.74) is 7.67. The molecular weight excluding hydrogens is 386 g/mol. The minimum atomic E-state index is 0.0689. The molecule has 6 heteroatoms.